The summed E-state index contributed by atoms with van der Waals surface area (Å²) in [4.78, 5) is 37.8. The monoisotopic (exact) mass is 438 g/mol. The van der Waals surface area contributed by atoms with Gasteiger partial charge in [0.05, 0.1) is 5.92 Å². The number of carbonyl (C=O) groups is 3. The van der Waals surface area contributed by atoms with Gasteiger partial charge >= 0.3 is 12.1 Å². The van der Waals surface area contributed by atoms with E-state index in [0.29, 0.717) is 12.8 Å². The van der Waals surface area contributed by atoms with E-state index < -0.39 is 24.0 Å². The van der Waals surface area contributed by atoms with Crippen LogP contribution in [0, 0.1) is 5.92 Å². The van der Waals surface area contributed by atoms with Crippen molar-refractivity contribution in [2.75, 3.05) is 20.2 Å². The highest BCUT2D eigenvalue weighted by atomic mass is 16.5. The lowest BCUT2D eigenvalue weighted by Crippen LogP contribution is -2.49. The highest BCUT2D eigenvalue weighted by Gasteiger charge is 2.30. The summed E-state index contributed by atoms with van der Waals surface area (Å²) < 4.78 is 5.55. The number of rotatable bonds is 9. The van der Waals surface area contributed by atoms with Crippen LogP contribution in [0.5, 0.6) is 0 Å². The van der Waals surface area contributed by atoms with Gasteiger partial charge in [0.15, 0.2) is 0 Å². The largest absolute Gasteiger partial charge is 0.481 e. The minimum absolute atomic E-state index is 0.0624. The maximum absolute atomic E-state index is 12.8. The lowest BCUT2D eigenvalue weighted by Gasteiger charge is -2.25. The molecule has 0 saturated carbocycles. The van der Waals surface area contributed by atoms with Gasteiger partial charge in [-0.3, -0.25) is 9.59 Å². The van der Waals surface area contributed by atoms with E-state index in [1.54, 1.807) is 14.0 Å². The van der Waals surface area contributed by atoms with Gasteiger partial charge in [-0.25, -0.2) is 4.79 Å². The van der Waals surface area contributed by atoms with Crippen LogP contribution in [0.25, 0.3) is 11.1 Å². The minimum Gasteiger partial charge on any atom is -0.481 e. The molecule has 2 aromatic rings. The Morgan fingerprint density at radius 1 is 1.06 bits per heavy atom. The lowest BCUT2D eigenvalue weighted by molar-refractivity contribution is -0.143. The number of hydrogen-bond acceptors (Lipinski definition) is 4. The van der Waals surface area contributed by atoms with Crippen LogP contribution in [-0.2, 0) is 14.3 Å². The zero-order valence-corrected chi connectivity index (χ0v) is 18.7. The molecule has 0 saturated heterocycles. The van der Waals surface area contributed by atoms with Crippen LogP contribution >= 0.6 is 0 Å². The molecule has 1 aliphatic rings. The van der Waals surface area contributed by atoms with Crippen LogP contribution in [0.4, 0.5) is 4.79 Å². The van der Waals surface area contributed by atoms with Gasteiger partial charge in [-0.15, -0.1) is 0 Å². The first-order chi connectivity index (χ1) is 15.3. The normalized spacial score (nSPS) is 14.1. The van der Waals surface area contributed by atoms with Crippen molar-refractivity contribution < 1.29 is 24.2 Å². The van der Waals surface area contributed by atoms with Crippen LogP contribution in [0.3, 0.4) is 0 Å². The third kappa shape index (κ3) is 5.10. The number of alkyl carbamates (subject to hydrolysis) is 1. The summed E-state index contributed by atoms with van der Waals surface area (Å²) in [7, 11) is 1.55. The van der Waals surface area contributed by atoms with Gasteiger partial charge in [-0.05, 0) is 28.7 Å². The number of ether oxygens (including phenoxy) is 1. The van der Waals surface area contributed by atoms with Crippen molar-refractivity contribution in [2.45, 2.75) is 38.6 Å². The quantitative estimate of drug-likeness (QED) is 0.620. The van der Waals surface area contributed by atoms with Crippen molar-refractivity contribution >= 4 is 18.0 Å². The molecule has 0 heterocycles. The zero-order chi connectivity index (χ0) is 23.3. The number of hydrogen-bond donors (Lipinski definition) is 2. The van der Waals surface area contributed by atoms with Gasteiger partial charge in [-0.2, -0.15) is 0 Å². The fourth-order valence-corrected chi connectivity index (χ4v) is 4.17. The predicted octanol–water partition coefficient (Wildman–Crippen LogP) is 3.87. The van der Waals surface area contributed by atoms with Crippen molar-refractivity contribution in [1.82, 2.24) is 10.2 Å². The van der Waals surface area contributed by atoms with E-state index in [9.17, 15) is 14.4 Å². The van der Waals surface area contributed by atoms with Gasteiger partial charge in [0.25, 0.3) is 0 Å². The van der Waals surface area contributed by atoms with E-state index >= 15 is 0 Å². The van der Waals surface area contributed by atoms with Gasteiger partial charge in [0.1, 0.15) is 12.6 Å². The number of carbonyl (C=O) groups excluding carboxylic acids is 2. The molecule has 0 spiro atoms. The standard InChI is InChI=1S/C25H30N2O5/c1-4-9-22(23(28)27(3)14-16(2)24(29)30)26-25(31)32-15-21-19-12-7-5-10-17(19)18-11-6-8-13-20(18)21/h5-8,10-13,16,21-22H,4,9,14-15H2,1-3H3,(H,26,31)(H,29,30)/t16?,22-/m1/s1. The summed E-state index contributed by atoms with van der Waals surface area (Å²) in [5, 5.41) is 11.8. The SMILES string of the molecule is CCC[C@@H](NC(=O)OCC1c2ccccc2-c2ccccc21)C(=O)N(C)CC(C)C(=O)O. The molecule has 1 unspecified atom stereocenters. The fraction of sp³-hybridized carbons (Fsp3) is 0.400. The minimum atomic E-state index is -0.971. The molecule has 2 amide bonds. The average Bonchev–Trinajstić information content (AvgIpc) is 3.10. The highest BCUT2D eigenvalue weighted by molar-refractivity contribution is 5.86. The summed E-state index contributed by atoms with van der Waals surface area (Å²) in [5.41, 5.74) is 4.52. The number of amides is 2. The van der Waals surface area contributed by atoms with E-state index in [-0.39, 0.29) is 25.0 Å². The molecule has 2 aromatic carbocycles. The van der Waals surface area contributed by atoms with E-state index in [1.165, 1.54) is 4.90 Å². The topological polar surface area (TPSA) is 95.9 Å². The number of likely N-dealkylation sites (N-methyl/N-ethyl adjacent to an activating group) is 1. The zero-order valence-electron chi connectivity index (χ0n) is 18.7. The Balaban J connectivity index is 1.64. The van der Waals surface area contributed by atoms with Gasteiger partial charge < -0.3 is 20.1 Å². The fourth-order valence-electron chi connectivity index (χ4n) is 4.17. The second-order valence-electron chi connectivity index (χ2n) is 8.27. The molecule has 3 rings (SSSR count). The summed E-state index contributed by atoms with van der Waals surface area (Å²) >= 11 is 0. The van der Waals surface area contributed by atoms with Crippen molar-refractivity contribution in [3.8, 4) is 11.1 Å². The van der Waals surface area contributed by atoms with Crippen LogP contribution < -0.4 is 5.32 Å². The maximum atomic E-state index is 12.8. The van der Waals surface area contributed by atoms with Gasteiger partial charge in [0, 0.05) is 19.5 Å². The van der Waals surface area contributed by atoms with E-state index in [2.05, 4.69) is 17.4 Å². The van der Waals surface area contributed by atoms with E-state index in [0.717, 1.165) is 22.3 Å². The molecule has 2 atom stereocenters. The number of fused-ring (bicyclic) bond motifs is 3. The molecular formula is C25H30N2O5. The Hall–Kier alpha value is -3.35. The molecule has 0 radical (unpaired) electrons. The Bertz CT molecular complexity index is 944. The number of benzene rings is 2. The highest BCUT2D eigenvalue weighted by Crippen LogP contribution is 2.44. The second kappa shape index (κ2) is 10.3. The Kier molecular flexibility index (Phi) is 7.51. The molecule has 0 fully saturated rings. The van der Waals surface area contributed by atoms with Crippen LogP contribution in [-0.4, -0.2) is 54.2 Å². The summed E-state index contributed by atoms with van der Waals surface area (Å²) in [6, 6.07) is 15.4. The third-order valence-corrected chi connectivity index (χ3v) is 5.86. The van der Waals surface area contributed by atoms with Crippen molar-refractivity contribution in [3.63, 3.8) is 0 Å². The molecule has 32 heavy (non-hydrogen) atoms. The first-order valence-electron chi connectivity index (χ1n) is 10.9. The molecule has 0 bridgehead atoms. The summed E-state index contributed by atoms with van der Waals surface area (Å²) in [6.07, 6.45) is 0.468. The van der Waals surface area contributed by atoms with Crippen LogP contribution in [0.2, 0.25) is 0 Å². The molecule has 0 aromatic heterocycles. The first kappa shape index (κ1) is 23.3. The smallest absolute Gasteiger partial charge is 0.407 e. The third-order valence-electron chi connectivity index (χ3n) is 5.86. The molecular weight excluding hydrogens is 408 g/mol. The van der Waals surface area contributed by atoms with Gasteiger partial charge in [-0.1, -0.05) is 68.8 Å². The second-order valence-corrected chi connectivity index (χ2v) is 8.27. The molecule has 7 nitrogen and oxygen atoms in total. The Morgan fingerprint density at radius 3 is 2.16 bits per heavy atom. The lowest BCUT2D eigenvalue weighted by atomic mass is 9.98. The van der Waals surface area contributed by atoms with E-state index in [4.69, 9.17) is 9.84 Å². The van der Waals surface area contributed by atoms with E-state index in [1.807, 2.05) is 43.3 Å². The number of carboxylic acid groups (broad SMARTS) is 1. The van der Waals surface area contributed by atoms with Crippen LogP contribution in [0.1, 0.15) is 43.7 Å². The summed E-state index contributed by atoms with van der Waals surface area (Å²) in [6.45, 7) is 3.69. The van der Waals surface area contributed by atoms with Crippen LogP contribution in [0.15, 0.2) is 48.5 Å². The molecule has 170 valence electrons. The Labute approximate surface area is 188 Å². The molecule has 1 aliphatic carbocycles. The molecule has 7 heteroatoms. The molecule has 2 N–H and O–H groups in total. The summed E-state index contributed by atoms with van der Waals surface area (Å²) in [5.74, 6) is -2.05. The van der Waals surface area contributed by atoms with Crippen molar-refractivity contribution in [1.29, 1.82) is 0 Å². The van der Waals surface area contributed by atoms with Gasteiger partial charge in [0.2, 0.25) is 5.91 Å². The average molecular weight is 439 g/mol. The predicted molar refractivity (Wildman–Crippen MR) is 121 cm³/mol. The van der Waals surface area contributed by atoms with Crippen molar-refractivity contribution in [3.05, 3.63) is 59.7 Å². The molecule has 0 aliphatic heterocycles. The Morgan fingerprint density at radius 2 is 1.62 bits per heavy atom. The number of nitrogens with zero attached hydrogens (tertiary/aromatic N) is 1. The number of nitrogens with one attached hydrogen (secondary N) is 1. The van der Waals surface area contributed by atoms with Crippen molar-refractivity contribution in [2.24, 2.45) is 5.92 Å². The number of carboxylic acids is 1. The number of aliphatic carboxylic acids is 1. The first-order valence-corrected chi connectivity index (χ1v) is 10.9. The maximum Gasteiger partial charge on any atom is 0.407 e.